The summed E-state index contributed by atoms with van der Waals surface area (Å²) in [5.74, 6) is -0.900. The van der Waals surface area contributed by atoms with Gasteiger partial charge in [-0.3, -0.25) is 9.59 Å². The van der Waals surface area contributed by atoms with Gasteiger partial charge in [0.25, 0.3) is 5.91 Å². The summed E-state index contributed by atoms with van der Waals surface area (Å²) in [5, 5.41) is 11.2. The Balaban J connectivity index is 2.09. The minimum Gasteiger partial charge on any atom is -0.460 e. The molecule has 6 nitrogen and oxygen atoms in total. The number of halogens is 2. The highest BCUT2D eigenvalue weighted by Crippen LogP contribution is 2.44. The van der Waals surface area contributed by atoms with Gasteiger partial charge in [-0.05, 0) is 62.6 Å². The lowest BCUT2D eigenvalue weighted by molar-refractivity contribution is -0.188. The minimum atomic E-state index is -1.07. The van der Waals surface area contributed by atoms with Gasteiger partial charge in [-0.2, -0.15) is 0 Å². The number of esters is 1. The number of ether oxygens (including phenoxy) is 2. The van der Waals surface area contributed by atoms with Gasteiger partial charge in [0.1, 0.15) is 17.8 Å². The van der Waals surface area contributed by atoms with Crippen molar-refractivity contribution in [3.8, 4) is 0 Å². The maximum atomic E-state index is 13.7. The molecule has 2 aromatic rings. The smallest absolute Gasteiger partial charge is 0.309 e. The number of aliphatic hydroxyl groups is 1. The van der Waals surface area contributed by atoms with E-state index in [2.05, 4.69) is 0 Å². The fourth-order valence-corrected chi connectivity index (χ4v) is 4.51. The van der Waals surface area contributed by atoms with Crippen LogP contribution in [0.4, 0.5) is 0 Å². The van der Waals surface area contributed by atoms with Crippen molar-refractivity contribution < 1.29 is 24.2 Å². The summed E-state index contributed by atoms with van der Waals surface area (Å²) in [6.07, 6.45) is -1.42. The van der Waals surface area contributed by atoms with Crippen molar-refractivity contribution in [2.75, 3.05) is 6.61 Å². The van der Waals surface area contributed by atoms with E-state index in [0.29, 0.717) is 16.5 Å². The summed E-state index contributed by atoms with van der Waals surface area (Å²) >= 11 is 12.4. The van der Waals surface area contributed by atoms with E-state index in [1.54, 1.807) is 49.9 Å². The van der Waals surface area contributed by atoms with E-state index in [-0.39, 0.29) is 18.9 Å². The first-order chi connectivity index (χ1) is 16.0. The highest BCUT2D eigenvalue weighted by Gasteiger charge is 2.47. The molecular formula is C26H31Cl2NO5. The van der Waals surface area contributed by atoms with Crippen LogP contribution in [0.1, 0.15) is 63.8 Å². The van der Waals surface area contributed by atoms with Crippen LogP contribution in [0.5, 0.6) is 0 Å². The predicted octanol–water partition coefficient (Wildman–Crippen LogP) is 5.51. The molecule has 8 heteroatoms. The van der Waals surface area contributed by atoms with Gasteiger partial charge in [0, 0.05) is 10.0 Å². The number of nitrogens with zero attached hydrogens (tertiary/aromatic N) is 1. The number of hydrogen-bond acceptors (Lipinski definition) is 5. The van der Waals surface area contributed by atoms with Crippen LogP contribution in [-0.4, -0.2) is 46.2 Å². The predicted molar refractivity (Wildman–Crippen MR) is 132 cm³/mol. The highest BCUT2D eigenvalue weighted by molar-refractivity contribution is 6.30. The summed E-state index contributed by atoms with van der Waals surface area (Å²) in [4.78, 5) is 28.0. The normalized spacial score (nSPS) is 21.9. The Labute approximate surface area is 210 Å². The van der Waals surface area contributed by atoms with Crippen molar-refractivity contribution in [3.63, 3.8) is 0 Å². The van der Waals surface area contributed by atoms with Crippen LogP contribution in [0.2, 0.25) is 10.0 Å². The van der Waals surface area contributed by atoms with Gasteiger partial charge in [-0.25, -0.2) is 0 Å². The molecule has 0 radical (unpaired) electrons. The third-order valence-electron chi connectivity index (χ3n) is 5.66. The monoisotopic (exact) mass is 507 g/mol. The first-order valence-electron chi connectivity index (χ1n) is 11.3. The second kappa shape index (κ2) is 11.1. The molecule has 2 aromatic carbocycles. The molecule has 1 amide bonds. The summed E-state index contributed by atoms with van der Waals surface area (Å²) in [6, 6.07) is 13.4. The molecule has 1 heterocycles. The van der Waals surface area contributed by atoms with E-state index < -0.39 is 35.9 Å². The van der Waals surface area contributed by atoms with E-state index in [4.69, 9.17) is 32.7 Å². The fourth-order valence-electron chi connectivity index (χ4n) is 4.19. The second-order valence-corrected chi connectivity index (χ2v) is 10.3. The number of carbonyl (C=O) groups is 2. The zero-order chi connectivity index (χ0) is 25.0. The largest absolute Gasteiger partial charge is 0.460 e. The van der Waals surface area contributed by atoms with E-state index >= 15 is 0 Å². The number of carbonyl (C=O) groups excluding carboxylic acids is 2. The van der Waals surface area contributed by atoms with Crippen LogP contribution in [0, 0.1) is 0 Å². The Hall–Kier alpha value is -2.12. The standard InChI is InChI=1S/C26H31Cl2NO5/c1-5-20(15-30)29-23(16-9-11-18(27)12-10-16)24(17-7-6-8-19(28)13-17)33-21(25(29)32)14-22(31)34-26(2,3)4/h6-13,20-21,23-24,30H,5,14-15H2,1-4H3/t20-,21-,23+,24+/m0/s1. The van der Waals surface area contributed by atoms with Crippen molar-refractivity contribution in [3.05, 3.63) is 69.7 Å². The SMILES string of the molecule is CC[C@@H](CO)N1C(=O)[C@H](CC(=O)OC(C)(C)C)O[C@H](c2cccc(Cl)c2)[C@H]1c1ccc(Cl)cc1. The van der Waals surface area contributed by atoms with Crippen molar-refractivity contribution in [2.24, 2.45) is 0 Å². The Morgan fingerprint density at radius 2 is 1.79 bits per heavy atom. The third-order valence-corrected chi connectivity index (χ3v) is 6.15. The van der Waals surface area contributed by atoms with E-state index in [1.165, 1.54) is 0 Å². The van der Waals surface area contributed by atoms with Crippen LogP contribution in [0.25, 0.3) is 0 Å². The van der Waals surface area contributed by atoms with Gasteiger partial charge < -0.3 is 19.5 Å². The van der Waals surface area contributed by atoms with Crippen LogP contribution in [0.3, 0.4) is 0 Å². The number of morpholine rings is 1. The Bertz CT molecular complexity index is 1000. The lowest BCUT2D eigenvalue weighted by atomic mass is 9.89. The molecule has 0 aliphatic carbocycles. The van der Waals surface area contributed by atoms with Gasteiger partial charge in [0.05, 0.1) is 25.1 Å². The summed E-state index contributed by atoms with van der Waals surface area (Å²) in [5.41, 5.74) is 0.862. The molecule has 4 atom stereocenters. The molecule has 0 unspecified atom stereocenters. The maximum Gasteiger partial charge on any atom is 0.309 e. The molecule has 0 saturated carbocycles. The summed E-state index contributed by atoms with van der Waals surface area (Å²) in [6.45, 7) is 6.98. The third kappa shape index (κ3) is 6.30. The fraction of sp³-hybridized carbons (Fsp3) is 0.462. The molecule has 1 N–H and O–H groups in total. The van der Waals surface area contributed by atoms with Crippen molar-refractivity contribution in [2.45, 2.75) is 70.4 Å². The molecule has 1 aliphatic heterocycles. The molecule has 1 aliphatic rings. The Morgan fingerprint density at radius 3 is 2.35 bits per heavy atom. The average molecular weight is 508 g/mol. The van der Waals surface area contributed by atoms with Crippen LogP contribution in [-0.2, 0) is 19.1 Å². The lowest BCUT2D eigenvalue weighted by Gasteiger charge is -2.47. The van der Waals surface area contributed by atoms with Crippen molar-refractivity contribution >= 4 is 35.1 Å². The number of hydrogen-bond donors (Lipinski definition) is 1. The van der Waals surface area contributed by atoms with Crippen LogP contribution in [0.15, 0.2) is 48.5 Å². The zero-order valence-corrected chi connectivity index (χ0v) is 21.3. The molecule has 1 saturated heterocycles. The second-order valence-electron chi connectivity index (χ2n) is 9.38. The topological polar surface area (TPSA) is 76.1 Å². The maximum absolute atomic E-state index is 13.7. The Morgan fingerprint density at radius 1 is 1.12 bits per heavy atom. The molecule has 0 bridgehead atoms. The first-order valence-corrected chi connectivity index (χ1v) is 12.1. The minimum absolute atomic E-state index is 0.228. The molecule has 34 heavy (non-hydrogen) atoms. The Kier molecular flexibility index (Phi) is 8.63. The average Bonchev–Trinajstić information content (AvgIpc) is 2.76. The first kappa shape index (κ1) is 26.5. The summed E-state index contributed by atoms with van der Waals surface area (Å²) < 4.78 is 11.8. The quantitative estimate of drug-likeness (QED) is 0.500. The van der Waals surface area contributed by atoms with Gasteiger partial charge >= 0.3 is 5.97 Å². The summed E-state index contributed by atoms with van der Waals surface area (Å²) in [7, 11) is 0. The van der Waals surface area contributed by atoms with Crippen LogP contribution < -0.4 is 0 Å². The highest BCUT2D eigenvalue weighted by atomic mass is 35.5. The van der Waals surface area contributed by atoms with Gasteiger partial charge in [0.15, 0.2) is 0 Å². The van der Waals surface area contributed by atoms with Crippen LogP contribution >= 0.6 is 23.2 Å². The zero-order valence-electron chi connectivity index (χ0n) is 19.8. The molecule has 0 spiro atoms. The van der Waals surface area contributed by atoms with Gasteiger partial charge in [-0.1, -0.05) is 54.4 Å². The van der Waals surface area contributed by atoms with Gasteiger partial charge in [-0.15, -0.1) is 0 Å². The van der Waals surface area contributed by atoms with Crippen molar-refractivity contribution in [1.29, 1.82) is 0 Å². The molecule has 184 valence electrons. The van der Waals surface area contributed by atoms with E-state index in [9.17, 15) is 14.7 Å². The van der Waals surface area contributed by atoms with Crippen molar-refractivity contribution in [1.82, 2.24) is 4.90 Å². The lowest BCUT2D eigenvalue weighted by Crippen LogP contribution is -2.56. The molecular weight excluding hydrogens is 477 g/mol. The molecule has 3 rings (SSSR count). The van der Waals surface area contributed by atoms with Gasteiger partial charge in [0.2, 0.25) is 0 Å². The molecule has 0 aromatic heterocycles. The molecule has 1 fully saturated rings. The number of benzene rings is 2. The number of amides is 1. The van der Waals surface area contributed by atoms with E-state index in [1.807, 2.05) is 31.2 Å². The number of rotatable bonds is 7. The van der Waals surface area contributed by atoms with E-state index in [0.717, 1.165) is 11.1 Å². The number of aliphatic hydroxyl groups excluding tert-OH is 1.